The van der Waals surface area contributed by atoms with Crippen LogP contribution in [-0.2, 0) is 4.74 Å². The van der Waals surface area contributed by atoms with Crippen LogP contribution in [0.25, 0.3) is 0 Å². The standard InChI is InChI=1S/C14H30N2O/c1-6-14(3,10-15-4)11-16-8-7-12(2)13(9-16)17-5/h12-13,15H,6-11H2,1-5H3. The molecule has 0 aromatic heterocycles. The largest absolute Gasteiger partial charge is 0.380 e. The lowest BCUT2D eigenvalue weighted by molar-refractivity contribution is -0.0167. The molecule has 1 heterocycles. The summed E-state index contributed by atoms with van der Waals surface area (Å²) in [5.74, 6) is 0.702. The van der Waals surface area contributed by atoms with Crippen LogP contribution in [0.2, 0.25) is 0 Å². The normalized spacial score (nSPS) is 30.2. The fourth-order valence-corrected chi connectivity index (χ4v) is 2.81. The van der Waals surface area contributed by atoms with Crippen molar-refractivity contribution in [3.63, 3.8) is 0 Å². The van der Waals surface area contributed by atoms with Crippen LogP contribution in [0.1, 0.15) is 33.6 Å². The van der Waals surface area contributed by atoms with Gasteiger partial charge < -0.3 is 15.0 Å². The molecular weight excluding hydrogens is 212 g/mol. The second-order valence-electron chi connectivity index (χ2n) is 5.97. The summed E-state index contributed by atoms with van der Waals surface area (Å²) in [5.41, 5.74) is 0.383. The van der Waals surface area contributed by atoms with E-state index in [1.165, 1.54) is 25.9 Å². The maximum absolute atomic E-state index is 5.58. The minimum absolute atomic E-state index is 0.383. The number of piperidine rings is 1. The first kappa shape index (κ1) is 14.9. The maximum atomic E-state index is 5.58. The molecule has 1 N–H and O–H groups in total. The average Bonchev–Trinajstić information content (AvgIpc) is 2.32. The molecule has 3 atom stereocenters. The van der Waals surface area contributed by atoms with Crippen LogP contribution < -0.4 is 5.32 Å². The monoisotopic (exact) mass is 242 g/mol. The zero-order chi connectivity index (χ0) is 12.9. The molecule has 0 bridgehead atoms. The predicted octanol–water partition coefficient (Wildman–Crippen LogP) is 1.98. The third kappa shape index (κ3) is 4.23. The van der Waals surface area contributed by atoms with Gasteiger partial charge in [-0.25, -0.2) is 0 Å². The van der Waals surface area contributed by atoms with E-state index in [0.717, 1.165) is 13.1 Å². The van der Waals surface area contributed by atoms with Crippen LogP contribution >= 0.6 is 0 Å². The van der Waals surface area contributed by atoms with Gasteiger partial charge in [-0.15, -0.1) is 0 Å². The van der Waals surface area contributed by atoms with E-state index >= 15 is 0 Å². The van der Waals surface area contributed by atoms with E-state index in [-0.39, 0.29) is 0 Å². The van der Waals surface area contributed by atoms with Crippen LogP contribution in [0, 0.1) is 11.3 Å². The van der Waals surface area contributed by atoms with E-state index in [1.54, 1.807) is 0 Å². The first-order chi connectivity index (χ1) is 8.04. The quantitative estimate of drug-likeness (QED) is 0.771. The van der Waals surface area contributed by atoms with Crippen molar-refractivity contribution in [1.29, 1.82) is 0 Å². The van der Waals surface area contributed by atoms with E-state index < -0.39 is 0 Å². The Morgan fingerprint density at radius 2 is 2.18 bits per heavy atom. The van der Waals surface area contributed by atoms with Crippen LogP contribution in [0.15, 0.2) is 0 Å². The summed E-state index contributed by atoms with van der Waals surface area (Å²) < 4.78 is 5.58. The van der Waals surface area contributed by atoms with Gasteiger partial charge >= 0.3 is 0 Å². The number of nitrogens with zero attached hydrogens (tertiary/aromatic N) is 1. The van der Waals surface area contributed by atoms with Crippen LogP contribution in [0.4, 0.5) is 0 Å². The number of nitrogens with one attached hydrogen (secondary N) is 1. The topological polar surface area (TPSA) is 24.5 Å². The molecule has 102 valence electrons. The number of likely N-dealkylation sites (tertiary alicyclic amines) is 1. The Morgan fingerprint density at radius 1 is 1.47 bits per heavy atom. The lowest BCUT2D eigenvalue weighted by atomic mass is 9.85. The van der Waals surface area contributed by atoms with Gasteiger partial charge in [0.05, 0.1) is 6.10 Å². The summed E-state index contributed by atoms with van der Waals surface area (Å²) in [6.45, 7) is 11.6. The Hall–Kier alpha value is -0.120. The summed E-state index contributed by atoms with van der Waals surface area (Å²) in [5, 5.41) is 3.32. The Labute approximate surface area is 107 Å². The van der Waals surface area contributed by atoms with Gasteiger partial charge in [0.2, 0.25) is 0 Å². The van der Waals surface area contributed by atoms with Crippen molar-refractivity contribution in [1.82, 2.24) is 10.2 Å². The van der Waals surface area contributed by atoms with Crippen molar-refractivity contribution < 1.29 is 4.74 Å². The molecule has 0 aliphatic carbocycles. The summed E-state index contributed by atoms with van der Waals surface area (Å²) in [6.07, 6.45) is 2.90. The Morgan fingerprint density at radius 3 is 2.71 bits per heavy atom. The van der Waals surface area contributed by atoms with Gasteiger partial charge in [-0.3, -0.25) is 0 Å². The second-order valence-corrected chi connectivity index (χ2v) is 5.97. The van der Waals surface area contributed by atoms with Crippen LogP contribution in [0.3, 0.4) is 0 Å². The van der Waals surface area contributed by atoms with E-state index in [0.29, 0.717) is 17.4 Å². The molecule has 1 fully saturated rings. The molecule has 1 aliphatic rings. The number of hydrogen-bond donors (Lipinski definition) is 1. The molecule has 1 aliphatic heterocycles. The van der Waals surface area contributed by atoms with Crippen LogP contribution in [0.5, 0.6) is 0 Å². The molecule has 0 amide bonds. The Balaban J connectivity index is 2.50. The van der Waals surface area contributed by atoms with E-state index in [1.807, 2.05) is 14.2 Å². The van der Waals surface area contributed by atoms with Crippen molar-refractivity contribution in [2.75, 3.05) is 40.3 Å². The van der Waals surface area contributed by atoms with Gasteiger partial charge in [-0.05, 0) is 37.8 Å². The summed E-state index contributed by atoms with van der Waals surface area (Å²) in [6, 6.07) is 0. The molecule has 0 aromatic rings. The molecule has 3 unspecified atom stereocenters. The Kier molecular flexibility index (Phi) is 5.90. The first-order valence-electron chi connectivity index (χ1n) is 6.94. The fourth-order valence-electron chi connectivity index (χ4n) is 2.81. The fraction of sp³-hybridized carbons (Fsp3) is 1.00. The highest BCUT2D eigenvalue weighted by Gasteiger charge is 2.30. The predicted molar refractivity (Wildman–Crippen MR) is 73.3 cm³/mol. The molecule has 0 saturated carbocycles. The number of methoxy groups -OCH3 is 1. The lowest BCUT2D eigenvalue weighted by Gasteiger charge is -2.41. The third-order valence-electron chi connectivity index (χ3n) is 4.34. The van der Waals surface area contributed by atoms with Crippen molar-refractivity contribution >= 4 is 0 Å². The van der Waals surface area contributed by atoms with Gasteiger partial charge in [0.25, 0.3) is 0 Å². The molecule has 3 nitrogen and oxygen atoms in total. The van der Waals surface area contributed by atoms with Crippen molar-refractivity contribution in [3.05, 3.63) is 0 Å². The minimum Gasteiger partial charge on any atom is -0.380 e. The van der Waals surface area contributed by atoms with Gasteiger partial charge in [0.15, 0.2) is 0 Å². The van der Waals surface area contributed by atoms with E-state index in [9.17, 15) is 0 Å². The van der Waals surface area contributed by atoms with Gasteiger partial charge in [-0.2, -0.15) is 0 Å². The zero-order valence-electron chi connectivity index (χ0n) is 12.3. The highest BCUT2D eigenvalue weighted by molar-refractivity contribution is 4.84. The molecule has 1 saturated heterocycles. The molecule has 1 rings (SSSR count). The van der Waals surface area contributed by atoms with Crippen molar-refractivity contribution in [2.45, 2.75) is 39.7 Å². The molecule has 17 heavy (non-hydrogen) atoms. The van der Waals surface area contributed by atoms with E-state index in [2.05, 4.69) is 31.0 Å². The molecule has 0 spiro atoms. The van der Waals surface area contributed by atoms with Crippen molar-refractivity contribution in [2.24, 2.45) is 11.3 Å². The van der Waals surface area contributed by atoms with Crippen LogP contribution in [-0.4, -0.2) is 51.3 Å². The maximum Gasteiger partial charge on any atom is 0.0724 e. The van der Waals surface area contributed by atoms with Crippen molar-refractivity contribution in [3.8, 4) is 0 Å². The molecular formula is C14H30N2O. The molecule has 3 heteroatoms. The SMILES string of the molecule is CCC(C)(CNC)CN1CCC(C)C(OC)C1. The average molecular weight is 242 g/mol. The number of hydrogen-bond acceptors (Lipinski definition) is 3. The highest BCUT2D eigenvalue weighted by Crippen LogP contribution is 2.26. The Bertz CT molecular complexity index is 222. The first-order valence-corrected chi connectivity index (χ1v) is 6.94. The summed E-state index contributed by atoms with van der Waals surface area (Å²) in [7, 11) is 3.89. The summed E-state index contributed by atoms with van der Waals surface area (Å²) in [4.78, 5) is 2.58. The zero-order valence-corrected chi connectivity index (χ0v) is 12.3. The van der Waals surface area contributed by atoms with Gasteiger partial charge in [-0.1, -0.05) is 20.8 Å². The highest BCUT2D eigenvalue weighted by atomic mass is 16.5. The second kappa shape index (κ2) is 6.72. The lowest BCUT2D eigenvalue weighted by Crippen LogP contribution is -2.49. The minimum atomic E-state index is 0.383. The van der Waals surface area contributed by atoms with Gasteiger partial charge in [0.1, 0.15) is 0 Å². The third-order valence-corrected chi connectivity index (χ3v) is 4.34. The number of ether oxygens (including phenoxy) is 1. The smallest absolute Gasteiger partial charge is 0.0724 e. The van der Waals surface area contributed by atoms with Gasteiger partial charge in [0, 0.05) is 26.7 Å². The number of rotatable bonds is 6. The summed E-state index contributed by atoms with van der Waals surface area (Å²) >= 11 is 0. The molecule has 0 radical (unpaired) electrons. The van der Waals surface area contributed by atoms with E-state index in [4.69, 9.17) is 4.74 Å². The molecule has 0 aromatic carbocycles.